The lowest BCUT2D eigenvalue weighted by molar-refractivity contribution is -0.133. The van der Waals surface area contributed by atoms with Gasteiger partial charge in [-0.1, -0.05) is 6.07 Å². The predicted molar refractivity (Wildman–Crippen MR) is 138 cm³/mol. The van der Waals surface area contributed by atoms with E-state index in [-0.39, 0.29) is 17.8 Å². The molecule has 0 N–H and O–H groups in total. The Morgan fingerprint density at radius 2 is 2.03 bits per heavy atom. The van der Waals surface area contributed by atoms with Crippen LogP contribution in [0.5, 0.6) is 5.75 Å². The van der Waals surface area contributed by atoms with Gasteiger partial charge in [-0.25, -0.2) is 9.37 Å². The van der Waals surface area contributed by atoms with Crippen molar-refractivity contribution in [3.8, 4) is 28.0 Å². The standard InChI is InChI=1S/C27H26FN7O2/c1-4-34-15-29-26-21(13-30-31-27(26)34)16-5-6-22(28)19(9-16)20-10-17-14-35(32-23(17)12-24(20)37-3)18-7-8-33(2)25(36)11-18/h5-6,9-10,12-15,18H,4,7-8,11H2,1-3H3/t18-/m1/s1. The van der Waals surface area contributed by atoms with Crippen LogP contribution in [0.3, 0.4) is 0 Å². The molecule has 1 aliphatic rings. The maximum Gasteiger partial charge on any atom is 0.224 e. The second-order valence-electron chi connectivity index (χ2n) is 9.34. The highest BCUT2D eigenvalue weighted by molar-refractivity contribution is 5.92. The number of aromatic nitrogens is 6. The van der Waals surface area contributed by atoms with Crippen molar-refractivity contribution in [3.63, 3.8) is 0 Å². The summed E-state index contributed by atoms with van der Waals surface area (Å²) in [6.45, 7) is 3.43. The van der Waals surface area contributed by atoms with Crippen LogP contribution in [0.1, 0.15) is 25.8 Å². The first-order valence-electron chi connectivity index (χ1n) is 12.2. The molecule has 4 heterocycles. The lowest BCUT2D eigenvalue weighted by Gasteiger charge is -2.28. The number of aryl methyl sites for hydroxylation is 1. The molecule has 5 aromatic rings. The summed E-state index contributed by atoms with van der Waals surface area (Å²) in [5, 5.41) is 14.0. The number of rotatable bonds is 5. The van der Waals surface area contributed by atoms with Crippen LogP contribution >= 0.6 is 0 Å². The largest absolute Gasteiger partial charge is 0.496 e. The van der Waals surface area contributed by atoms with Crippen LogP contribution in [0.25, 0.3) is 44.3 Å². The zero-order valence-electron chi connectivity index (χ0n) is 20.8. The van der Waals surface area contributed by atoms with Gasteiger partial charge < -0.3 is 14.2 Å². The van der Waals surface area contributed by atoms with E-state index in [1.54, 1.807) is 36.7 Å². The summed E-state index contributed by atoms with van der Waals surface area (Å²) in [4.78, 5) is 18.5. The van der Waals surface area contributed by atoms with Crippen molar-refractivity contribution in [3.05, 3.63) is 54.9 Å². The smallest absolute Gasteiger partial charge is 0.224 e. The summed E-state index contributed by atoms with van der Waals surface area (Å²) in [7, 11) is 3.38. The summed E-state index contributed by atoms with van der Waals surface area (Å²) in [6.07, 6.45) is 6.56. The van der Waals surface area contributed by atoms with Gasteiger partial charge in [-0.05, 0) is 37.1 Å². The minimum Gasteiger partial charge on any atom is -0.496 e. The normalized spacial score (nSPS) is 16.2. The first kappa shape index (κ1) is 23.1. The van der Waals surface area contributed by atoms with Crippen LogP contribution in [0.4, 0.5) is 4.39 Å². The van der Waals surface area contributed by atoms with Crippen molar-refractivity contribution in [1.82, 2.24) is 34.4 Å². The van der Waals surface area contributed by atoms with Gasteiger partial charge in [0.2, 0.25) is 5.91 Å². The predicted octanol–water partition coefficient (Wildman–Crippen LogP) is 4.47. The van der Waals surface area contributed by atoms with E-state index in [0.29, 0.717) is 41.0 Å². The zero-order chi connectivity index (χ0) is 25.7. The second kappa shape index (κ2) is 8.95. The number of piperidine rings is 1. The maximum atomic E-state index is 15.3. The average molecular weight is 500 g/mol. The third-order valence-corrected chi connectivity index (χ3v) is 7.16. The van der Waals surface area contributed by atoms with E-state index in [4.69, 9.17) is 9.84 Å². The van der Waals surface area contributed by atoms with Crippen molar-refractivity contribution in [2.75, 3.05) is 20.7 Å². The van der Waals surface area contributed by atoms with E-state index in [1.807, 2.05) is 41.5 Å². The number of ether oxygens (including phenoxy) is 1. The molecule has 1 atom stereocenters. The molecule has 10 heteroatoms. The molecule has 6 rings (SSSR count). The zero-order valence-corrected chi connectivity index (χ0v) is 20.8. The number of hydrogen-bond acceptors (Lipinski definition) is 6. The average Bonchev–Trinajstić information content (AvgIpc) is 3.53. The fourth-order valence-electron chi connectivity index (χ4n) is 5.01. The lowest BCUT2D eigenvalue weighted by atomic mass is 9.97. The van der Waals surface area contributed by atoms with Crippen LogP contribution in [-0.2, 0) is 11.3 Å². The molecule has 3 aromatic heterocycles. The molecule has 1 saturated heterocycles. The van der Waals surface area contributed by atoms with Crippen LogP contribution in [0.15, 0.2) is 49.1 Å². The molecule has 0 saturated carbocycles. The molecule has 0 unspecified atom stereocenters. The Morgan fingerprint density at radius 1 is 1.16 bits per heavy atom. The van der Waals surface area contributed by atoms with Gasteiger partial charge in [-0.3, -0.25) is 9.48 Å². The Balaban J connectivity index is 1.44. The molecular weight excluding hydrogens is 473 g/mol. The molecule has 1 amide bonds. The van der Waals surface area contributed by atoms with Crippen molar-refractivity contribution in [2.24, 2.45) is 0 Å². The third kappa shape index (κ3) is 3.89. The van der Waals surface area contributed by atoms with Crippen molar-refractivity contribution >= 4 is 28.0 Å². The van der Waals surface area contributed by atoms with Crippen LogP contribution < -0.4 is 4.74 Å². The molecule has 188 valence electrons. The lowest BCUT2D eigenvalue weighted by Crippen LogP contribution is -2.36. The van der Waals surface area contributed by atoms with E-state index in [1.165, 1.54) is 6.07 Å². The quantitative estimate of drug-likeness (QED) is 0.354. The molecule has 1 aliphatic heterocycles. The summed E-state index contributed by atoms with van der Waals surface area (Å²) < 4.78 is 24.7. The van der Waals surface area contributed by atoms with E-state index < -0.39 is 0 Å². The molecule has 0 bridgehead atoms. The number of imidazole rings is 1. The Labute approximate surface area is 212 Å². The summed E-state index contributed by atoms with van der Waals surface area (Å²) in [5.74, 6) is 0.255. The van der Waals surface area contributed by atoms with Gasteiger partial charge in [0, 0.05) is 60.9 Å². The number of benzene rings is 2. The molecular formula is C27H26FN7O2. The number of fused-ring (bicyclic) bond motifs is 2. The number of methoxy groups -OCH3 is 1. The molecule has 0 spiro atoms. The Kier molecular flexibility index (Phi) is 5.58. The summed E-state index contributed by atoms with van der Waals surface area (Å²) >= 11 is 0. The first-order valence-corrected chi connectivity index (χ1v) is 12.2. The Hall–Kier alpha value is -4.34. The molecule has 2 aromatic carbocycles. The van der Waals surface area contributed by atoms with Gasteiger partial charge in [0.1, 0.15) is 17.1 Å². The third-order valence-electron chi connectivity index (χ3n) is 7.16. The minimum absolute atomic E-state index is 0.00450. The van der Waals surface area contributed by atoms with Crippen molar-refractivity contribution in [2.45, 2.75) is 32.4 Å². The van der Waals surface area contributed by atoms with Gasteiger partial charge in [0.05, 0.1) is 31.2 Å². The number of amides is 1. The molecule has 37 heavy (non-hydrogen) atoms. The highest BCUT2D eigenvalue weighted by Crippen LogP contribution is 2.38. The van der Waals surface area contributed by atoms with Crippen LogP contribution in [0.2, 0.25) is 0 Å². The molecule has 0 aliphatic carbocycles. The second-order valence-corrected chi connectivity index (χ2v) is 9.34. The first-order chi connectivity index (χ1) is 18.0. The number of halogens is 1. The molecule has 9 nitrogen and oxygen atoms in total. The van der Waals surface area contributed by atoms with E-state index in [2.05, 4.69) is 15.2 Å². The number of likely N-dealkylation sites (tertiary alicyclic amines) is 1. The number of carbonyl (C=O) groups excluding carboxylic acids is 1. The summed E-state index contributed by atoms with van der Waals surface area (Å²) in [6, 6.07) is 8.67. The van der Waals surface area contributed by atoms with Crippen LogP contribution in [0, 0.1) is 5.82 Å². The van der Waals surface area contributed by atoms with E-state index >= 15 is 4.39 Å². The molecule has 0 radical (unpaired) electrons. The van der Waals surface area contributed by atoms with E-state index in [9.17, 15) is 4.79 Å². The SMILES string of the molecule is CCn1cnc2c(-c3ccc(F)c(-c4cc5cn([C@@H]6CCN(C)C(=O)C6)nc5cc4OC)c3)cnnc21. The van der Waals surface area contributed by atoms with Gasteiger partial charge in [0.15, 0.2) is 5.65 Å². The van der Waals surface area contributed by atoms with Gasteiger partial charge in [-0.2, -0.15) is 10.2 Å². The van der Waals surface area contributed by atoms with Crippen molar-refractivity contribution < 1.29 is 13.9 Å². The van der Waals surface area contributed by atoms with Gasteiger partial charge >= 0.3 is 0 Å². The van der Waals surface area contributed by atoms with Crippen molar-refractivity contribution in [1.29, 1.82) is 0 Å². The topological polar surface area (TPSA) is 91.0 Å². The fraction of sp³-hybridized carbons (Fsp3) is 0.296. The Morgan fingerprint density at radius 3 is 2.81 bits per heavy atom. The Bertz CT molecular complexity index is 1660. The number of hydrogen-bond donors (Lipinski definition) is 0. The minimum atomic E-state index is -0.368. The highest BCUT2D eigenvalue weighted by Gasteiger charge is 2.26. The number of carbonyl (C=O) groups is 1. The number of nitrogens with zero attached hydrogens (tertiary/aromatic N) is 7. The fourth-order valence-corrected chi connectivity index (χ4v) is 5.01. The molecule has 1 fully saturated rings. The van der Waals surface area contributed by atoms with Gasteiger partial charge in [-0.15, -0.1) is 5.10 Å². The monoisotopic (exact) mass is 499 g/mol. The highest BCUT2D eigenvalue weighted by atomic mass is 19.1. The maximum absolute atomic E-state index is 15.3. The van der Waals surface area contributed by atoms with E-state index in [0.717, 1.165) is 35.0 Å². The van der Waals surface area contributed by atoms with Crippen LogP contribution in [-0.4, -0.2) is 61.0 Å². The summed E-state index contributed by atoms with van der Waals surface area (Å²) in [5.41, 5.74) is 4.70. The van der Waals surface area contributed by atoms with Gasteiger partial charge in [0.25, 0.3) is 0 Å².